The summed E-state index contributed by atoms with van der Waals surface area (Å²) in [5.74, 6) is 0. The standard InChI is InChI=1S/C15H29N3S/c1-6-9-10-18(12(4)7-2)15-17-14(11-19-15)13(5)16-8-3/h11-13,16H,6-10H2,1-5H3. The third-order valence-electron chi connectivity index (χ3n) is 3.58. The van der Waals surface area contributed by atoms with Crippen LogP contribution < -0.4 is 10.2 Å². The Morgan fingerprint density at radius 1 is 1.32 bits per heavy atom. The van der Waals surface area contributed by atoms with E-state index in [1.165, 1.54) is 30.1 Å². The Morgan fingerprint density at radius 3 is 2.63 bits per heavy atom. The minimum Gasteiger partial charge on any atom is -0.345 e. The predicted octanol–water partition coefficient (Wildman–Crippen LogP) is 4.22. The highest BCUT2D eigenvalue weighted by Crippen LogP contribution is 2.26. The van der Waals surface area contributed by atoms with Crippen LogP contribution in [0.15, 0.2) is 5.38 Å². The lowest BCUT2D eigenvalue weighted by Gasteiger charge is -2.28. The van der Waals surface area contributed by atoms with Crippen LogP contribution in [0.4, 0.5) is 5.13 Å². The van der Waals surface area contributed by atoms with E-state index < -0.39 is 0 Å². The zero-order valence-corrected chi connectivity index (χ0v) is 13.9. The van der Waals surface area contributed by atoms with Gasteiger partial charge in [-0.2, -0.15) is 0 Å². The Kier molecular flexibility index (Phi) is 7.39. The number of hydrogen-bond acceptors (Lipinski definition) is 4. The molecular formula is C15H29N3S. The molecule has 2 atom stereocenters. The summed E-state index contributed by atoms with van der Waals surface area (Å²) in [5, 5.41) is 6.81. The van der Waals surface area contributed by atoms with Gasteiger partial charge in [0.05, 0.1) is 5.69 Å². The number of unbranched alkanes of at least 4 members (excludes halogenated alkanes) is 1. The number of thiazole rings is 1. The second-order valence-corrected chi connectivity index (χ2v) is 5.98. The van der Waals surface area contributed by atoms with E-state index >= 15 is 0 Å². The number of nitrogens with zero attached hydrogens (tertiary/aromatic N) is 2. The van der Waals surface area contributed by atoms with Crippen molar-refractivity contribution in [2.24, 2.45) is 0 Å². The first kappa shape index (κ1) is 16.4. The van der Waals surface area contributed by atoms with E-state index in [-0.39, 0.29) is 0 Å². The third-order valence-corrected chi connectivity index (χ3v) is 4.48. The zero-order chi connectivity index (χ0) is 14.3. The molecule has 3 nitrogen and oxygen atoms in total. The van der Waals surface area contributed by atoms with Crippen molar-refractivity contribution in [2.75, 3.05) is 18.0 Å². The Balaban J connectivity index is 2.78. The third kappa shape index (κ3) is 4.77. The Bertz CT molecular complexity index is 351. The van der Waals surface area contributed by atoms with E-state index in [1.807, 2.05) is 0 Å². The molecule has 0 aliphatic carbocycles. The van der Waals surface area contributed by atoms with Crippen LogP contribution in [-0.4, -0.2) is 24.1 Å². The van der Waals surface area contributed by atoms with Crippen molar-refractivity contribution in [3.8, 4) is 0 Å². The molecule has 1 N–H and O–H groups in total. The van der Waals surface area contributed by atoms with Gasteiger partial charge in [0, 0.05) is 24.0 Å². The van der Waals surface area contributed by atoms with Gasteiger partial charge in [-0.1, -0.05) is 27.2 Å². The summed E-state index contributed by atoms with van der Waals surface area (Å²) in [7, 11) is 0. The van der Waals surface area contributed by atoms with Gasteiger partial charge in [-0.05, 0) is 33.2 Å². The van der Waals surface area contributed by atoms with Crippen molar-refractivity contribution in [3.63, 3.8) is 0 Å². The highest BCUT2D eigenvalue weighted by atomic mass is 32.1. The summed E-state index contributed by atoms with van der Waals surface area (Å²) in [5.41, 5.74) is 1.17. The van der Waals surface area contributed by atoms with E-state index in [1.54, 1.807) is 11.3 Å². The fourth-order valence-corrected chi connectivity index (χ4v) is 3.12. The van der Waals surface area contributed by atoms with E-state index in [0.29, 0.717) is 12.1 Å². The van der Waals surface area contributed by atoms with Crippen LogP contribution in [0, 0.1) is 0 Å². The minimum absolute atomic E-state index is 0.347. The van der Waals surface area contributed by atoms with Crippen molar-refractivity contribution in [3.05, 3.63) is 11.1 Å². The molecule has 0 aliphatic heterocycles. The smallest absolute Gasteiger partial charge is 0.185 e. The molecule has 110 valence electrons. The highest BCUT2D eigenvalue weighted by Gasteiger charge is 2.17. The van der Waals surface area contributed by atoms with Gasteiger partial charge in [0.1, 0.15) is 0 Å². The molecule has 0 saturated carbocycles. The molecule has 0 spiro atoms. The average molecular weight is 283 g/mol. The lowest BCUT2D eigenvalue weighted by molar-refractivity contribution is 0.575. The summed E-state index contributed by atoms with van der Waals surface area (Å²) >= 11 is 1.78. The van der Waals surface area contributed by atoms with Gasteiger partial charge < -0.3 is 10.2 Å². The second kappa shape index (κ2) is 8.54. The molecule has 0 fully saturated rings. The molecular weight excluding hydrogens is 254 g/mol. The maximum absolute atomic E-state index is 4.83. The average Bonchev–Trinajstić information content (AvgIpc) is 2.88. The van der Waals surface area contributed by atoms with E-state index in [0.717, 1.165) is 13.1 Å². The fourth-order valence-electron chi connectivity index (χ4n) is 2.07. The van der Waals surface area contributed by atoms with Crippen LogP contribution in [0.1, 0.15) is 65.6 Å². The van der Waals surface area contributed by atoms with Crippen molar-refractivity contribution < 1.29 is 0 Å². The second-order valence-electron chi connectivity index (χ2n) is 5.14. The highest BCUT2D eigenvalue weighted by molar-refractivity contribution is 7.13. The summed E-state index contributed by atoms with van der Waals surface area (Å²) in [6.45, 7) is 13.2. The molecule has 0 saturated heterocycles. The van der Waals surface area contributed by atoms with Gasteiger partial charge in [0.25, 0.3) is 0 Å². The first-order chi connectivity index (χ1) is 9.13. The number of aromatic nitrogens is 1. The maximum Gasteiger partial charge on any atom is 0.185 e. The van der Waals surface area contributed by atoms with Crippen molar-refractivity contribution in [2.45, 2.75) is 66.0 Å². The SMILES string of the molecule is CCCCN(c1nc(C(C)NCC)cs1)C(C)CC. The van der Waals surface area contributed by atoms with Crippen LogP contribution in [0.5, 0.6) is 0 Å². The molecule has 19 heavy (non-hydrogen) atoms. The number of hydrogen-bond donors (Lipinski definition) is 1. The molecule has 0 amide bonds. The molecule has 0 aliphatic rings. The molecule has 1 aromatic heterocycles. The molecule has 0 aromatic carbocycles. The van der Waals surface area contributed by atoms with Crippen molar-refractivity contribution >= 4 is 16.5 Å². The summed E-state index contributed by atoms with van der Waals surface area (Å²) in [6, 6.07) is 0.917. The summed E-state index contributed by atoms with van der Waals surface area (Å²) < 4.78 is 0. The van der Waals surface area contributed by atoms with Crippen LogP contribution in [0.2, 0.25) is 0 Å². The van der Waals surface area contributed by atoms with Crippen LogP contribution in [-0.2, 0) is 0 Å². The summed E-state index contributed by atoms with van der Waals surface area (Å²) in [4.78, 5) is 7.30. The summed E-state index contributed by atoms with van der Waals surface area (Å²) in [6.07, 6.45) is 3.64. The quantitative estimate of drug-likeness (QED) is 0.735. The Hall–Kier alpha value is -0.610. The van der Waals surface area contributed by atoms with E-state index in [4.69, 9.17) is 4.98 Å². The molecule has 4 heteroatoms. The zero-order valence-electron chi connectivity index (χ0n) is 13.1. The Morgan fingerprint density at radius 2 is 2.05 bits per heavy atom. The first-order valence-electron chi connectivity index (χ1n) is 7.59. The van der Waals surface area contributed by atoms with Crippen molar-refractivity contribution in [1.82, 2.24) is 10.3 Å². The molecule has 1 heterocycles. The van der Waals surface area contributed by atoms with Gasteiger partial charge in [-0.3, -0.25) is 0 Å². The molecule has 1 aromatic rings. The van der Waals surface area contributed by atoms with Gasteiger partial charge in [-0.25, -0.2) is 4.98 Å². The monoisotopic (exact) mass is 283 g/mol. The lowest BCUT2D eigenvalue weighted by Crippen LogP contribution is -2.33. The molecule has 2 unspecified atom stereocenters. The topological polar surface area (TPSA) is 28.2 Å². The number of rotatable bonds is 9. The van der Waals surface area contributed by atoms with Gasteiger partial charge in [0.15, 0.2) is 5.13 Å². The largest absolute Gasteiger partial charge is 0.345 e. The van der Waals surface area contributed by atoms with Gasteiger partial charge >= 0.3 is 0 Å². The lowest BCUT2D eigenvalue weighted by atomic mass is 10.2. The number of nitrogens with one attached hydrogen (secondary N) is 1. The fraction of sp³-hybridized carbons (Fsp3) is 0.800. The van der Waals surface area contributed by atoms with Crippen molar-refractivity contribution in [1.29, 1.82) is 0 Å². The molecule has 0 bridgehead atoms. The minimum atomic E-state index is 0.347. The van der Waals surface area contributed by atoms with E-state index in [9.17, 15) is 0 Å². The predicted molar refractivity (Wildman–Crippen MR) is 86.2 cm³/mol. The normalized spacial score (nSPS) is 14.4. The van der Waals surface area contributed by atoms with Crippen LogP contribution in [0.3, 0.4) is 0 Å². The molecule has 0 radical (unpaired) electrons. The van der Waals surface area contributed by atoms with Gasteiger partial charge in [0.2, 0.25) is 0 Å². The molecule has 1 rings (SSSR count). The first-order valence-corrected chi connectivity index (χ1v) is 8.47. The van der Waals surface area contributed by atoms with Gasteiger partial charge in [-0.15, -0.1) is 11.3 Å². The number of anilines is 1. The van der Waals surface area contributed by atoms with E-state index in [2.05, 4.69) is 50.2 Å². The van der Waals surface area contributed by atoms with Crippen LogP contribution in [0.25, 0.3) is 0 Å². The maximum atomic E-state index is 4.83. The Labute approximate surface area is 122 Å². The van der Waals surface area contributed by atoms with Crippen LogP contribution >= 0.6 is 11.3 Å².